The van der Waals surface area contributed by atoms with E-state index in [0.29, 0.717) is 5.11 Å². The highest BCUT2D eigenvalue weighted by Gasteiger charge is 2.42. The molecule has 0 amide bonds. The number of para-hydroxylation sites is 1. The first kappa shape index (κ1) is 26.6. The number of benzene rings is 3. The molecule has 0 radical (unpaired) electrons. The van der Waals surface area contributed by atoms with Crippen molar-refractivity contribution in [1.82, 2.24) is 14.9 Å². The Bertz CT molecular complexity index is 1680. The number of hydrogen-bond acceptors (Lipinski definition) is 4. The second-order valence-electron chi connectivity index (χ2n) is 10.2. The van der Waals surface area contributed by atoms with E-state index in [1.54, 1.807) is 7.11 Å². The summed E-state index contributed by atoms with van der Waals surface area (Å²) in [5, 5.41) is 4.24. The van der Waals surface area contributed by atoms with E-state index < -0.39 is 0 Å². The van der Waals surface area contributed by atoms with Gasteiger partial charge in [-0.3, -0.25) is 4.98 Å². The van der Waals surface area contributed by atoms with Crippen LogP contribution in [0.15, 0.2) is 103 Å². The van der Waals surface area contributed by atoms with Crippen LogP contribution >= 0.6 is 12.2 Å². The van der Waals surface area contributed by atoms with E-state index in [4.69, 9.17) is 26.7 Å². The van der Waals surface area contributed by atoms with Crippen molar-refractivity contribution in [3.05, 3.63) is 131 Å². The monoisotopic (exact) mass is 560 g/mol. The number of pyridine rings is 1. The van der Waals surface area contributed by atoms with Crippen LogP contribution in [0, 0.1) is 20.8 Å². The first-order valence-corrected chi connectivity index (χ1v) is 14.0. The van der Waals surface area contributed by atoms with Crippen molar-refractivity contribution >= 4 is 23.0 Å². The third-order valence-electron chi connectivity index (χ3n) is 7.65. The van der Waals surface area contributed by atoms with Crippen molar-refractivity contribution in [2.45, 2.75) is 32.9 Å². The Morgan fingerprint density at radius 2 is 1.46 bits per heavy atom. The van der Waals surface area contributed by atoms with Gasteiger partial charge >= 0.3 is 0 Å². The quantitative estimate of drug-likeness (QED) is 0.205. The van der Waals surface area contributed by atoms with Gasteiger partial charge in [0.15, 0.2) is 5.11 Å². The van der Waals surface area contributed by atoms with Crippen LogP contribution in [-0.4, -0.2) is 21.8 Å². The number of hydrogen-bond donors (Lipinski definition) is 1. The first-order valence-electron chi connectivity index (χ1n) is 13.6. The maximum absolute atomic E-state index is 6.09. The van der Waals surface area contributed by atoms with E-state index in [1.165, 1.54) is 28.2 Å². The van der Waals surface area contributed by atoms with Crippen molar-refractivity contribution in [2.24, 2.45) is 0 Å². The number of nitrogens with zero attached hydrogens (tertiary/aromatic N) is 3. The van der Waals surface area contributed by atoms with E-state index in [2.05, 4.69) is 84.1 Å². The molecule has 7 heteroatoms. The molecule has 3 heterocycles. The molecule has 206 valence electrons. The Hall–Kier alpha value is -4.62. The largest absolute Gasteiger partial charge is 0.497 e. The van der Waals surface area contributed by atoms with Gasteiger partial charge in [0.1, 0.15) is 17.2 Å². The zero-order valence-electron chi connectivity index (χ0n) is 23.5. The van der Waals surface area contributed by atoms with Crippen LogP contribution in [0.2, 0.25) is 0 Å². The first-order chi connectivity index (χ1) is 19.9. The smallest absolute Gasteiger partial charge is 0.174 e. The van der Waals surface area contributed by atoms with Crippen LogP contribution in [0.5, 0.6) is 17.2 Å². The summed E-state index contributed by atoms with van der Waals surface area (Å²) in [4.78, 5) is 6.92. The van der Waals surface area contributed by atoms with Gasteiger partial charge in [0.25, 0.3) is 0 Å². The maximum Gasteiger partial charge on any atom is 0.174 e. The van der Waals surface area contributed by atoms with Crippen LogP contribution in [0.1, 0.15) is 40.3 Å². The van der Waals surface area contributed by atoms with E-state index in [9.17, 15) is 0 Å². The number of nitrogens with one attached hydrogen (secondary N) is 1. The zero-order chi connectivity index (χ0) is 28.5. The predicted octanol–water partition coefficient (Wildman–Crippen LogP) is 7.78. The fraction of sp³-hybridized carbons (Fsp3) is 0.176. The summed E-state index contributed by atoms with van der Waals surface area (Å²) < 4.78 is 13.7. The van der Waals surface area contributed by atoms with Gasteiger partial charge in [0.05, 0.1) is 24.9 Å². The van der Waals surface area contributed by atoms with Crippen LogP contribution < -0.4 is 19.7 Å². The molecule has 1 saturated heterocycles. The minimum absolute atomic E-state index is 0.102. The molecule has 1 fully saturated rings. The van der Waals surface area contributed by atoms with Gasteiger partial charge in [-0.05, 0) is 117 Å². The van der Waals surface area contributed by atoms with Crippen molar-refractivity contribution in [3.63, 3.8) is 0 Å². The van der Waals surface area contributed by atoms with E-state index >= 15 is 0 Å². The van der Waals surface area contributed by atoms with Crippen molar-refractivity contribution in [3.8, 4) is 22.9 Å². The fourth-order valence-electron chi connectivity index (χ4n) is 5.68. The van der Waals surface area contributed by atoms with E-state index in [0.717, 1.165) is 28.6 Å². The summed E-state index contributed by atoms with van der Waals surface area (Å²) in [7, 11) is 1.65. The second-order valence-corrected chi connectivity index (χ2v) is 10.6. The van der Waals surface area contributed by atoms with Gasteiger partial charge < -0.3 is 24.3 Å². The molecule has 0 unspecified atom stereocenters. The summed E-state index contributed by atoms with van der Waals surface area (Å²) in [5.74, 6) is 2.28. The Labute approximate surface area is 246 Å². The summed E-state index contributed by atoms with van der Waals surface area (Å²) in [6.07, 6.45) is 1.84. The highest BCUT2D eigenvalue weighted by molar-refractivity contribution is 7.80. The van der Waals surface area contributed by atoms with Crippen LogP contribution in [0.3, 0.4) is 0 Å². The molecule has 3 aromatic carbocycles. The van der Waals surface area contributed by atoms with Crippen LogP contribution in [-0.2, 0) is 0 Å². The molecule has 0 spiro atoms. The van der Waals surface area contributed by atoms with Crippen molar-refractivity contribution < 1.29 is 9.47 Å². The molecule has 0 aliphatic carbocycles. The number of aryl methyl sites for hydroxylation is 2. The molecule has 41 heavy (non-hydrogen) atoms. The van der Waals surface area contributed by atoms with Gasteiger partial charge in [-0.15, -0.1) is 0 Å². The summed E-state index contributed by atoms with van der Waals surface area (Å²) in [5.41, 5.74) is 7.89. The number of thiocarbonyl (C=S) groups is 1. The fourth-order valence-corrected chi connectivity index (χ4v) is 6.02. The number of aromatic nitrogens is 2. The lowest BCUT2D eigenvalue weighted by atomic mass is 9.96. The molecule has 0 saturated carbocycles. The SMILES string of the molecule is COc1ccc(Oc2ccc(N3C(=S)N[C@H](c4ccccn4)[C@@H]3c3cc(C)n(-c4ccccc4C)c3C)cc2)cc1. The molecule has 6 rings (SSSR count). The van der Waals surface area contributed by atoms with Crippen molar-refractivity contribution in [1.29, 1.82) is 0 Å². The van der Waals surface area contributed by atoms with Gasteiger partial charge in [-0.25, -0.2) is 0 Å². The second kappa shape index (κ2) is 11.1. The summed E-state index contributed by atoms with van der Waals surface area (Å²) in [6.45, 7) is 6.50. The maximum atomic E-state index is 6.09. The van der Waals surface area contributed by atoms with Crippen LogP contribution in [0.25, 0.3) is 5.69 Å². The lowest BCUT2D eigenvalue weighted by molar-refractivity contribution is 0.413. The molecule has 1 N–H and O–H groups in total. The number of ether oxygens (including phenoxy) is 2. The predicted molar refractivity (Wildman–Crippen MR) is 167 cm³/mol. The van der Waals surface area contributed by atoms with Crippen molar-refractivity contribution in [2.75, 3.05) is 12.0 Å². The third kappa shape index (κ3) is 5.05. The number of anilines is 1. The Morgan fingerprint density at radius 1 is 0.805 bits per heavy atom. The molecular formula is C34H32N4O2S. The molecule has 2 atom stereocenters. The van der Waals surface area contributed by atoms with E-state index in [1.807, 2.05) is 54.7 Å². The lowest BCUT2D eigenvalue weighted by Crippen LogP contribution is -2.29. The third-order valence-corrected chi connectivity index (χ3v) is 7.97. The lowest BCUT2D eigenvalue weighted by Gasteiger charge is -2.28. The van der Waals surface area contributed by atoms with Gasteiger partial charge in [0.2, 0.25) is 0 Å². The topological polar surface area (TPSA) is 51.6 Å². The molecule has 1 aliphatic rings. The Kier molecular flexibility index (Phi) is 7.20. The standard InChI is InChI=1S/C34H32N4O2S/c1-22-9-5-6-11-31(22)37-23(2)21-29(24(37)3)33-32(30-10-7-8-20-35-30)36-34(41)38(33)25-12-14-27(15-13-25)40-28-18-16-26(39-4)17-19-28/h5-21,32-33H,1-4H3,(H,36,41)/t32-,33+/m1/s1. The highest BCUT2D eigenvalue weighted by Crippen LogP contribution is 2.44. The minimum Gasteiger partial charge on any atom is -0.497 e. The summed E-state index contributed by atoms with van der Waals surface area (Å²) >= 11 is 5.97. The minimum atomic E-state index is -0.121. The molecule has 6 nitrogen and oxygen atoms in total. The van der Waals surface area contributed by atoms with Gasteiger partial charge in [-0.2, -0.15) is 0 Å². The molecule has 5 aromatic rings. The average molecular weight is 561 g/mol. The molecular weight excluding hydrogens is 528 g/mol. The highest BCUT2D eigenvalue weighted by atomic mass is 32.1. The van der Waals surface area contributed by atoms with E-state index in [-0.39, 0.29) is 12.1 Å². The van der Waals surface area contributed by atoms with Gasteiger partial charge in [-0.1, -0.05) is 24.3 Å². The normalized spacial score (nSPS) is 16.5. The van der Waals surface area contributed by atoms with Crippen LogP contribution in [0.4, 0.5) is 5.69 Å². The summed E-state index contributed by atoms with van der Waals surface area (Å²) in [6, 6.07) is 32.2. The average Bonchev–Trinajstić information content (AvgIpc) is 3.49. The molecule has 2 aromatic heterocycles. The molecule has 1 aliphatic heterocycles. The Balaban J connectivity index is 1.39. The molecule has 0 bridgehead atoms. The van der Waals surface area contributed by atoms with Gasteiger partial charge in [0, 0.05) is 29.0 Å². The Morgan fingerprint density at radius 3 is 2.12 bits per heavy atom. The zero-order valence-corrected chi connectivity index (χ0v) is 24.4. The number of methoxy groups -OCH3 is 1. The number of rotatable bonds is 7.